The second kappa shape index (κ2) is 8.63. The monoisotopic (exact) mass is 349 g/mol. The van der Waals surface area contributed by atoms with Gasteiger partial charge in [0.25, 0.3) is 0 Å². The zero-order valence-corrected chi connectivity index (χ0v) is 15.5. The van der Waals surface area contributed by atoms with Gasteiger partial charge in [-0.3, -0.25) is 0 Å². The summed E-state index contributed by atoms with van der Waals surface area (Å²) in [6, 6.07) is 12.2. The highest BCUT2D eigenvalue weighted by Crippen LogP contribution is 2.25. The molecule has 5 heteroatoms. The van der Waals surface area contributed by atoms with E-state index in [0.717, 1.165) is 42.0 Å². The van der Waals surface area contributed by atoms with Crippen LogP contribution in [0.2, 0.25) is 0 Å². The Hall–Kier alpha value is -2.66. The average molecular weight is 349 g/mol. The van der Waals surface area contributed by atoms with Gasteiger partial charge in [0.05, 0.1) is 11.9 Å². The Morgan fingerprint density at radius 2 is 2.00 bits per heavy atom. The third kappa shape index (κ3) is 3.94. The van der Waals surface area contributed by atoms with Crippen molar-refractivity contribution in [3.05, 3.63) is 59.4 Å². The number of piperidine rings is 1. The number of nitrogens with one attached hydrogen (secondary N) is 1. The van der Waals surface area contributed by atoms with E-state index < -0.39 is 0 Å². The number of benzene rings is 1. The summed E-state index contributed by atoms with van der Waals surface area (Å²) in [6.07, 6.45) is 8.27. The zero-order valence-electron chi connectivity index (χ0n) is 15.5. The van der Waals surface area contributed by atoms with Crippen LogP contribution in [0, 0.1) is 0 Å². The molecule has 0 bridgehead atoms. The predicted molar refractivity (Wildman–Crippen MR) is 109 cm³/mol. The van der Waals surface area contributed by atoms with Gasteiger partial charge in [0.15, 0.2) is 5.65 Å². The van der Waals surface area contributed by atoms with E-state index >= 15 is 0 Å². The van der Waals surface area contributed by atoms with Crippen molar-refractivity contribution < 1.29 is 0 Å². The van der Waals surface area contributed by atoms with E-state index in [4.69, 9.17) is 10.7 Å². The molecule has 1 aliphatic heterocycles. The van der Waals surface area contributed by atoms with E-state index in [1.807, 2.05) is 50.4 Å². The molecule has 0 saturated carbocycles. The molecule has 1 aromatic carbocycles. The molecule has 1 aliphatic rings. The van der Waals surface area contributed by atoms with E-state index in [2.05, 4.69) is 28.6 Å². The first-order valence-electron chi connectivity index (χ1n) is 9.39. The molecule has 4 rings (SSSR count). The van der Waals surface area contributed by atoms with Gasteiger partial charge in [-0.1, -0.05) is 50.3 Å². The first-order chi connectivity index (χ1) is 12.8. The molecule has 0 spiro atoms. The fourth-order valence-corrected chi connectivity index (χ4v) is 3.20. The lowest BCUT2D eigenvalue weighted by Crippen LogP contribution is -2.29. The van der Waals surface area contributed by atoms with Gasteiger partial charge in [0, 0.05) is 24.1 Å². The molecule has 5 nitrogen and oxygen atoms in total. The maximum atomic E-state index is 6.20. The highest BCUT2D eigenvalue weighted by atomic mass is 15.3. The normalized spacial score (nSPS) is 17.2. The smallest absolute Gasteiger partial charge is 0.164 e. The summed E-state index contributed by atoms with van der Waals surface area (Å²) in [5, 5.41) is 7.82. The second-order valence-electron chi connectivity index (χ2n) is 6.23. The lowest BCUT2D eigenvalue weighted by Gasteiger charge is -2.22. The largest absolute Gasteiger partial charge is 0.384 e. The quantitative estimate of drug-likeness (QED) is 0.750. The number of rotatable bonds is 3. The number of hydrogen-bond donors (Lipinski definition) is 2. The maximum absolute atomic E-state index is 6.20. The van der Waals surface area contributed by atoms with Crippen LogP contribution < -0.4 is 11.1 Å². The predicted octanol–water partition coefficient (Wildman–Crippen LogP) is 3.98. The van der Waals surface area contributed by atoms with Crippen molar-refractivity contribution in [2.24, 2.45) is 0 Å². The van der Waals surface area contributed by atoms with E-state index in [9.17, 15) is 0 Å². The molecule has 1 fully saturated rings. The topological polar surface area (TPSA) is 68.2 Å². The van der Waals surface area contributed by atoms with Crippen LogP contribution in [0.25, 0.3) is 17.8 Å². The van der Waals surface area contributed by atoms with Gasteiger partial charge in [-0.15, -0.1) is 0 Å². The van der Waals surface area contributed by atoms with E-state index in [0.29, 0.717) is 11.7 Å². The van der Waals surface area contributed by atoms with Gasteiger partial charge in [-0.2, -0.15) is 9.61 Å². The van der Waals surface area contributed by atoms with Gasteiger partial charge < -0.3 is 11.1 Å². The SMILES string of the molecule is CC.Nc1cc(C2CCCNC2)nc2c(/C=C/c3ccccc3)cnn12. The molecule has 1 unspecified atom stereocenters. The van der Waals surface area contributed by atoms with Crippen molar-refractivity contribution in [3.63, 3.8) is 0 Å². The van der Waals surface area contributed by atoms with Gasteiger partial charge in [0.2, 0.25) is 0 Å². The molecule has 136 valence electrons. The van der Waals surface area contributed by atoms with Gasteiger partial charge >= 0.3 is 0 Å². The van der Waals surface area contributed by atoms with E-state index in [1.165, 1.54) is 6.42 Å². The van der Waals surface area contributed by atoms with Crippen LogP contribution in [0.4, 0.5) is 5.82 Å². The Morgan fingerprint density at radius 1 is 1.19 bits per heavy atom. The van der Waals surface area contributed by atoms with Gasteiger partial charge in [-0.25, -0.2) is 4.98 Å². The maximum Gasteiger partial charge on any atom is 0.164 e. The van der Waals surface area contributed by atoms with Crippen LogP contribution in [-0.4, -0.2) is 27.7 Å². The summed E-state index contributed by atoms with van der Waals surface area (Å²) < 4.78 is 1.71. The van der Waals surface area contributed by atoms with Crippen LogP contribution in [-0.2, 0) is 0 Å². The first kappa shape index (κ1) is 18.1. The van der Waals surface area contributed by atoms with E-state index in [-0.39, 0.29) is 0 Å². The lowest BCUT2D eigenvalue weighted by molar-refractivity contribution is 0.455. The van der Waals surface area contributed by atoms with Crippen LogP contribution >= 0.6 is 0 Å². The number of aromatic nitrogens is 3. The van der Waals surface area contributed by atoms with Gasteiger partial charge in [0.1, 0.15) is 5.82 Å². The lowest BCUT2D eigenvalue weighted by atomic mass is 9.96. The summed E-state index contributed by atoms with van der Waals surface area (Å²) >= 11 is 0. The Balaban J connectivity index is 0.000000948. The molecule has 3 N–H and O–H groups in total. The molecule has 2 aromatic heterocycles. The standard InChI is InChI=1S/C19H21N5.C2H6/c20-18-11-17(15-7-4-10-21-12-15)23-19-16(13-22-24(18)19)9-8-14-5-2-1-3-6-14;1-2/h1-3,5-6,8-9,11,13,15,21H,4,7,10,12,20H2;1-2H3/b9-8+;. The molecule has 0 aliphatic carbocycles. The Bertz CT molecular complexity index is 861. The first-order valence-corrected chi connectivity index (χ1v) is 9.39. The van der Waals surface area contributed by atoms with Crippen LogP contribution in [0.5, 0.6) is 0 Å². The van der Waals surface area contributed by atoms with Crippen molar-refractivity contribution in [3.8, 4) is 0 Å². The Kier molecular flexibility index (Phi) is 6.02. The molecular formula is C21H27N5. The average Bonchev–Trinajstić information content (AvgIpc) is 3.13. The zero-order chi connectivity index (χ0) is 18.4. The van der Waals surface area contributed by atoms with Crippen LogP contribution in [0.1, 0.15) is 49.4 Å². The van der Waals surface area contributed by atoms with Crippen LogP contribution in [0.3, 0.4) is 0 Å². The Labute approximate surface area is 154 Å². The highest BCUT2D eigenvalue weighted by Gasteiger charge is 2.19. The van der Waals surface area contributed by atoms with Crippen molar-refractivity contribution in [1.82, 2.24) is 19.9 Å². The molecule has 0 amide bonds. The fraction of sp³-hybridized carbons (Fsp3) is 0.333. The van der Waals surface area contributed by atoms with Gasteiger partial charge in [-0.05, 0) is 31.0 Å². The third-order valence-corrected chi connectivity index (χ3v) is 4.52. The van der Waals surface area contributed by atoms with E-state index in [1.54, 1.807) is 4.52 Å². The number of nitrogen functional groups attached to an aromatic ring is 1. The summed E-state index contributed by atoms with van der Waals surface area (Å²) in [5.41, 5.74) is 10.2. The number of hydrogen-bond acceptors (Lipinski definition) is 4. The molecule has 1 atom stereocenters. The molecule has 26 heavy (non-hydrogen) atoms. The highest BCUT2D eigenvalue weighted by molar-refractivity contribution is 5.76. The minimum absolute atomic E-state index is 0.423. The van der Waals surface area contributed by atoms with Crippen molar-refractivity contribution >= 4 is 23.6 Å². The van der Waals surface area contributed by atoms with Crippen LogP contribution in [0.15, 0.2) is 42.6 Å². The van der Waals surface area contributed by atoms with Crippen molar-refractivity contribution in [2.75, 3.05) is 18.8 Å². The molecule has 1 saturated heterocycles. The fourth-order valence-electron chi connectivity index (χ4n) is 3.20. The Morgan fingerprint density at radius 3 is 2.73 bits per heavy atom. The third-order valence-electron chi connectivity index (χ3n) is 4.52. The molecule has 3 aromatic rings. The summed E-state index contributed by atoms with van der Waals surface area (Å²) in [7, 11) is 0. The number of anilines is 1. The second-order valence-corrected chi connectivity index (χ2v) is 6.23. The molecule has 3 heterocycles. The number of fused-ring (bicyclic) bond motifs is 1. The summed E-state index contributed by atoms with van der Waals surface area (Å²) in [6.45, 7) is 6.05. The minimum atomic E-state index is 0.423. The molecule has 0 radical (unpaired) electrons. The van der Waals surface area contributed by atoms with Crippen molar-refractivity contribution in [2.45, 2.75) is 32.6 Å². The minimum Gasteiger partial charge on any atom is -0.384 e. The number of nitrogens with two attached hydrogens (primary N) is 1. The summed E-state index contributed by atoms with van der Waals surface area (Å²) in [4.78, 5) is 4.86. The summed E-state index contributed by atoms with van der Waals surface area (Å²) in [5.74, 6) is 1.06. The van der Waals surface area contributed by atoms with Crippen molar-refractivity contribution in [1.29, 1.82) is 0 Å². The molecular weight excluding hydrogens is 322 g/mol. The number of nitrogens with zero attached hydrogens (tertiary/aromatic N) is 3.